The van der Waals surface area contributed by atoms with E-state index in [1.54, 1.807) is 25.1 Å². The highest BCUT2D eigenvalue weighted by molar-refractivity contribution is 7.15. The molecule has 0 bridgehead atoms. The smallest absolute Gasteiger partial charge is 0.328 e. The van der Waals surface area contributed by atoms with Crippen LogP contribution in [0.15, 0.2) is 24.3 Å². The first-order valence-corrected chi connectivity index (χ1v) is 6.90. The van der Waals surface area contributed by atoms with Crippen LogP contribution in [0, 0.1) is 13.8 Å². The van der Waals surface area contributed by atoms with Crippen LogP contribution < -0.4 is 5.32 Å². The third-order valence-electron chi connectivity index (χ3n) is 2.68. The quantitative estimate of drug-likeness (QED) is 0.847. The molecule has 2 N–H and O–H groups in total. The molecule has 1 amide bonds. The first kappa shape index (κ1) is 14.9. The van der Waals surface area contributed by atoms with Gasteiger partial charge in [0.1, 0.15) is 5.01 Å². The van der Waals surface area contributed by atoms with Crippen LogP contribution in [0.25, 0.3) is 6.08 Å². The fourth-order valence-electron chi connectivity index (χ4n) is 1.68. The van der Waals surface area contributed by atoms with Crippen LogP contribution in [-0.4, -0.2) is 27.2 Å². The van der Waals surface area contributed by atoms with Gasteiger partial charge in [-0.05, 0) is 43.2 Å². The molecule has 1 aromatic heterocycles. The summed E-state index contributed by atoms with van der Waals surface area (Å²) >= 11 is 1.30. The topological polar surface area (TPSA) is 92.2 Å². The summed E-state index contributed by atoms with van der Waals surface area (Å²) in [6.07, 6.45) is 2.56. The molecule has 21 heavy (non-hydrogen) atoms. The van der Waals surface area contributed by atoms with Crippen molar-refractivity contribution in [1.82, 2.24) is 10.2 Å². The van der Waals surface area contributed by atoms with E-state index in [2.05, 4.69) is 15.5 Å². The Kier molecular flexibility index (Phi) is 4.44. The molecular formula is C14H13N3O3S. The summed E-state index contributed by atoms with van der Waals surface area (Å²) < 4.78 is 0. The fourth-order valence-corrected chi connectivity index (χ4v) is 2.27. The lowest BCUT2D eigenvalue weighted by molar-refractivity contribution is -0.131. The lowest BCUT2D eigenvalue weighted by Crippen LogP contribution is -2.12. The summed E-state index contributed by atoms with van der Waals surface area (Å²) in [6.45, 7) is 3.62. The summed E-state index contributed by atoms with van der Waals surface area (Å²) in [7, 11) is 0. The minimum atomic E-state index is -1.01. The predicted molar refractivity (Wildman–Crippen MR) is 80.4 cm³/mol. The Hall–Kier alpha value is -2.54. The van der Waals surface area contributed by atoms with Crippen LogP contribution in [0.1, 0.15) is 26.5 Å². The Morgan fingerprint density at radius 2 is 2.05 bits per heavy atom. The average molecular weight is 303 g/mol. The van der Waals surface area contributed by atoms with Crippen molar-refractivity contribution in [3.63, 3.8) is 0 Å². The number of carboxylic acid groups (broad SMARTS) is 1. The molecule has 0 radical (unpaired) electrons. The minimum absolute atomic E-state index is 0.275. The van der Waals surface area contributed by atoms with Crippen LogP contribution in [0.2, 0.25) is 0 Å². The van der Waals surface area contributed by atoms with E-state index >= 15 is 0 Å². The standard InChI is InChI=1S/C14H13N3O3S/c1-8-7-11(4-3-10(8)5-6-12(18)19)13(20)15-14-17-16-9(2)21-14/h3-7H,1-2H3,(H,18,19)(H,15,17,20)/b6-5+. The maximum atomic E-state index is 12.1. The van der Waals surface area contributed by atoms with E-state index in [9.17, 15) is 9.59 Å². The molecule has 1 heterocycles. The molecule has 108 valence electrons. The summed E-state index contributed by atoms with van der Waals surface area (Å²) in [5.41, 5.74) is 2.04. The Balaban J connectivity index is 2.15. The summed E-state index contributed by atoms with van der Waals surface area (Å²) in [5.74, 6) is -1.29. The number of hydrogen-bond acceptors (Lipinski definition) is 5. The first-order valence-electron chi connectivity index (χ1n) is 6.09. The molecule has 1 aromatic carbocycles. The largest absolute Gasteiger partial charge is 0.478 e. The van der Waals surface area contributed by atoms with Crippen LogP contribution in [0.4, 0.5) is 5.13 Å². The van der Waals surface area contributed by atoms with E-state index in [1.165, 1.54) is 17.4 Å². The normalized spacial score (nSPS) is 10.8. The number of rotatable bonds is 4. The summed E-state index contributed by atoms with van der Waals surface area (Å²) in [4.78, 5) is 22.6. The molecule has 0 aliphatic rings. The Morgan fingerprint density at radius 3 is 2.62 bits per heavy atom. The number of aryl methyl sites for hydroxylation is 2. The third kappa shape index (κ3) is 3.96. The number of hydrogen-bond donors (Lipinski definition) is 2. The van der Waals surface area contributed by atoms with E-state index in [0.717, 1.165) is 22.2 Å². The maximum absolute atomic E-state index is 12.1. The van der Waals surface area contributed by atoms with Gasteiger partial charge >= 0.3 is 5.97 Å². The van der Waals surface area contributed by atoms with E-state index < -0.39 is 5.97 Å². The molecule has 0 atom stereocenters. The predicted octanol–water partition coefficient (Wildman–Crippen LogP) is 2.51. The first-order chi connectivity index (χ1) is 9.95. The zero-order valence-corrected chi connectivity index (χ0v) is 12.3. The van der Waals surface area contributed by atoms with Gasteiger partial charge in [-0.1, -0.05) is 17.4 Å². The van der Waals surface area contributed by atoms with Crippen LogP contribution in [0.5, 0.6) is 0 Å². The number of nitrogens with zero attached hydrogens (tertiary/aromatic N) is 2. The van der Waals surface area contributed by atoms with Crippen molar-refractivity contribution in [2.45, 2.75) is 13.8 Å². The van der Waals surface area contributed by atoms with Gasteiger partial charge in [-0.15, -0.1) is 10.2 Å². The molecule has 2 aromatic rings. The molecule has 6 nitrogen and oxygen atoms in total. The van der Waals surface area contributed by atoms with E-state index in [4.69, 9.17) is 5.11 Å². The van der Waals surface area contributed by atoms with Crippen molar-refractivity contribution in [3.8, 4) is 0 Å². The van der Waals surface area contributed by atoms with Gasteiger partial charge in [-0.25, -0.2) is 4.79 Å². The van der Waals surface area contributed by atoms with Crippen molar-refractivity contribution in [2.75, 3.05) is 5.32 Å². The minimum Gasteiger partial charge on any atom is -0.478 e. The zero-order valence-electron chi connectivity index (χ0n) is 11.5. The highest BCUT2D eigenvalue weighted by Gasteiger charge is 2.10. The Morgan fingerprint density at radius 1 is 1.29 bits per heavy atom. The number of amides is 1. The van der Waals surface area contributed by atoms with Crippen molar-refractivity contribution < 1.29 is 14.7 Å². The molecule has 2 rings (SSSR count). The third-order valence-corrected chi connectivity index (χ3v) is 3.44. The van der Waals surface area contributed by atoms with Gasteiger partial charge in [0, 0.05) is 11.6 Å². The SMILES string of the molecule is Cc1nnc(NC(=O)c2ccc(/C=C/C(=O)O)c(C)c2)s1. The number of carbonyl (C=O) groups excluding carboxylic acids is 1. The van der Waals surface area contributed by atoms with Gasteiger partial charge in [0.2, 0.25) is 5.13 Å². The number of aliphatic carboxylic acids is 1. The average Bonchev–Trinajstić information content (AvgIpc) is 2.82. The molecule has 0 aliphatic carbocycles. The number of carbonyl (C=O) groups is 2. The second kappa shape index (κ2) is 6.27. The van der Waals surface area contributed by atoms with Gasteiger partial charge in [-0.3, -0.25) is 10.1 Å². The molecule has 0 fully saturated rings. The van der Waals surface area contributed by atoms with E-state index in [-0.39, 0.29) is 5.91 Å². The monoisotopic (exact) mass is 303 g/mol. The Labute approximate surface area is 125 Å². The maximum Gasteiger partial charge on any atom is 0.328 e. The summed E-state index contributed by atoms with van der Waals surface area (Å²) in [5, 5.41) is 20.2. The van der Waals surface area contributed by atoms with Gasteiger partial charge < -0.3 is 5.11 Å². The molecule has 0 spiro atoms. The number of carboxylic acids is 1. The highest BCUT2D eigenvalue weighted by Crippen LogP contribution is 2.17. The molecule has 7 heteroatoms. The fraction of sp³-hybridized carbons (Fsp3) is 0.143. The molecule has 0 saturated heterocycles. The van der Waals surface area contributed by atoms with E-state index in [1.807, 2.05) is 6.92 Å². The van der Waals surface area contributed by atoms with Gasteiger partial charge in [0.25, 0.3) is 5.91 Å². The Bertz CT molecular complexity index is 722. The second-order valence-corrected chi connectivity index (χ2v) is 5.50. The number of benzene rings is 1. The highest BCUT2D eigenvalue weighted by atomic mass is 32.1. The second-order valence-electron chi connectivity index (χ2n) is 4.32. The van der Waals surface area contributed by atoms with Gasteiger partial charge in [0.15, 0.2) is 0 Å². The molecule has 0 aliphatic heterocycles. The van der Waals surface area contributed by atoms with Crippen molar-refractivity contribution in [2.24, 2.45) is 0 Å². The number of aromatic nitrogens is 2. The van der Waals surface area contributed by atoms with Crippen LogP contribution in [-0.2, 0) is 4.79 Å². The van der Waals surface area contributed by atoms with Crippen molar-refractivity contribution >= 4 is 34.4 Å². The lowest BCUT2D eigenvalue weighted by atomic mass is 10.0. The molecule has 0 unspecified atom stereocenters. The lowest BCUT2D eigenvalue weighted by Gasteiger charge is -2.05. The number of nitrogens with one attached hydrogen (secondary N) is 1. The van der Waals surface area contributed by atoms with Crippen molar-refractivity contribution in [3.05, 3.63) is 46.0 Å². The van der Waals surface area contributed by atoms with Gasteiger partial charge in [0.05, 0.1) is 0 Å². The van der Waals surface area contributed by atoms with E-state index in [0.29, 0.717) is 10.7 Å². The van der Waals surface area contributed by atoms with Crippen molar-refractivity contribution in [1.29, 1.82) is 0 Å². The molecule has 0 saturated carbocycles. The van der Waals surface area contributed by atoms with Crippen LogP contribution >= 0.6 is 11.3 Å². The zero-order chi connectivity index (χ0) is 15.4. The molecular weight excluding hydrogens is 290 g/mol. The van der Waals surface area contributed by atoms with Gasteiger partial charge in [-0.2, -0.15) is 0 Å². The van der Waals surface area contributed by atoms with Crippen LogP contribution in [0.3, 0.4) is 0 Å². The number of anilines is 1. The summed E-state index contributed by atoms with van der Waals surface area (Å²) in [6, 6.07) is 5.04.